The van der Waals surface area contributed by atoms with Gasteiger partial charge in [0.25, 0.3) is 0 Å². The van der Waals surface area contributed by atoms with E-state index in [1.54, 1.807) is 0 Å². The van der Waals surface area contributed by atoms with E-state index in [1.165, 1.54) is 0 Å². The number of rotatable bonds is 2. The molecule has 0 N–H and O–H groups in total. The molecule has 3 heteroatoms. The minimum absolute atomic E-state index is 0.211. The molecule has 0 saturated heterocycles. The topological polar surface area (TPSA) is 17.1 Å². The number of hydrogen-bond acceptors (Lipinski definition) is 1. The zero-order valence-corrected chi connectivity index (χ0v) is 7.34. The number of halogens is 2. The van der Waals surface area contributed by atoms with Gasteiger partial charge in [-0.1, -0.05) is 45.2 Å². The second-order valence-electron chi connectivity index (χ2n) is 0.806. The molecule has 0 aromatic rings. The molecule has 1 unspecified atom stereocenters. The Kier molecular flexibility index (Phi) is 5.10. The van der Waals surface area contributed by atoms with Gasteiger partial charge in [-0.05, 0) is 0 Å². The second kappa shape index (κ2) is 4.29. The smallest absolute Gasteiger partial charge is 0.133 e. The van der Waals surface area contributed by atoms with Crippen molar-refractivity contribution < 1.29 is 4.79 Å². The molecular formula is C3H4I2O. The summed E-state index contributed by atoms with van der Waals surface area (Å²) in [5.74, 6) is 0. The molecule has 0 saturated carbocycles. The maximum atomic E-state index is 9.72. The van der Waals surface area contributed by atoms with E-state index in [9.17, 15) is 4.79 Å². The summed E-state index contributed by atoms with van der Waals surface area (Å²) in [6.45, 7) is 0. The SMILES string of the molecule is O=CC(I)CI. The van der Waals surface area contributed by atoms with Crippen LogP contribution < -0.4 is 0 Å². The highest BCUT2D eigenvalue weighted by atomic mass is 127. The highest BCUT2D eigenvalue weighted by Gasteiger charge is 1.93. The maximum Gasteiger partial charge on any atom is 0.133 e. The Morgan fingerprint density at radius 3 is 2.33 bits per heavy atom. The minimum atomic E-state index is 0.211. The van der Waals surface area contributed by atoms with Crippen molar-refractivity contribution in [1.29, 1.82) is 0 Å². The van der Waals surface area contributed by atoms with Crippen molar-refractivity contribution in [2.45, 2.75) is 3.92 Å². The van der Waals surface area contributed by atoms with Crippen molar-refractivity contribution in [3.8, 4) is 0 Å². The van der Waals surface area contributed by atoms with Gasteiger partial charge in [0.15, 0.2) is 0 Å². The quantitative estimate of drug-likeness (QED) is 0.428. The summed E-state index contributed by atoms with van der Waals surface area (Å²) in [4.78, 5) is 9.72. The molecular weight excluding hydrogens is 306 g/mol. The monoisotopic (exact) mass is 310 g/mol. The molecule has 0 aromatic heterocycles. The maximum absolute atomic E-state index is 9.72. The van der Waals surface area contributed by atoms with Gasteiger partial charge in [0, 0.05) is 4.43 Å². The summed E-state index contributed by atoms with van der Waals surface area (Å²) >= 11 is 4.27. The van der Waals surface area contributed by atoms with Crippen LogP contribution in [0.15, 0.2) is 0 Å². The summed E-state index contributed by atoms with van der Waals surface area (Å²) < 4.78 is 1.13. The molecule has 0 aliphatic carbocycles. The largest absolute Gasteiger partial charge is 0.302 e. The van der Waals surface area contributed by atoms with E-state index in [2.05, 4.69) is 45.2 Å². The van der Waals surface area contributed by atoms with Crippen molar-refractivity contribution in [1.82, 2.24) is 0 Å². The normalized spacial score (nSPS) is 13.7. The Hall–Kier alpha value is 1.13. The van der Waals surface area contributed by atoms with Crippen molar-refractivity contribution in [3.63, 3.8) is 0 Å². The highest BCUT2D eigenvalue weighted by molar-refractivity contribution is 14.1. The van der Waals surface area contributed by atoms with Crippen LogP contribution in [0.1, 0.15) is 0 Å². The molecule has 0 bridgehead atoms. The minimum Gasteiger partial charge on any atom is -0.302 e. The summed E-state index contributed by atoms with van der Waals surface area (Å²) in [6.07, 6.45) is 0.951. The lowest BCUT2D eigenvalue weighted by molar-refractivity contribution is -0.106. The second-order valence-corrected chi connectivity index (χ2v) is 3.29. The number of hydrogen-bond donors (Lipinski definition) is 0. The van der Waals surface area contributed by atoms with Crippen LogP contribution in [0.3, 0.4) is 0 Å². The van der Waals surface area contributed by atoms with E-state index < -0.39 is 0 Å². The van der Waals surface area contributed by atoms with Gasteiger partial charge < -0.3 is 4.79 Å². The Morgan fingerprint density at radius 1 is 1.83 bits per heavy atom. The first-order valence-electron chi connectivity index (χ1n) is 1.46. The van der Waals surface area contributed by atoms with Crippen LogP contribution in [0, 0.1) is 0 Å². The van der Waals surface area contributed by atoms with Crippen molar-refractivity contribution >= 4 is 51.5 Å². The Morgan fingerprint density at radius 2 is 2.33 bits per heavy atom. The van der Waals surface area contributed by atoms with Gasteiger partial charge in [0.05, 0.1) is 3.92 Å². The van der Waals surface area contributed by atoms with Gasteiger partial charge in [-0.3, -0.25) is 0 Å². The molecule has 36 valence electrons. The van der Waals surface area contributed by atoms with Crippen LogP contribution in [0.25, 0.3) is 0 Å². The van der Waals surface area contributed by atoms with E-state index in [-0.39, 0.29) is 3.92 Å². The van der Waals surface area contributed by atoms with Crippen LogP contribution in [0.2, 0.25) is 0 Å². The average molecular weight is 310 g/mol. The molecule has 0 aromatic carbocycles. The van der Waals surface area contributed by atoms with Crippen LogP contribution in [0.4, 0.5) is 0 Å². The van der Waals surface area contributed by atoms with Gasteiger partial charge in [-0.15, -0.1) is 0 Å². The predicted molar refractivity (Wildman–Crippen MR) is 42.8 cm³/mol. The van der Waals surface area contributed by atoms with Crippen molar-refractivity contribution in [2.75, 3.05) is 4.43 Å². The lowest BCUT2D eigenvalue weighted by Gasteiger charge is -1.85. The van der Waals surface area contributed by atoms with E-state index in [0.717, 1.165) is 10.7 Å². The van der Waals surface area contributed by atoms with E-state index in [4.69, 9.17) is 0 Å². The standard InChI is InChI=1S/C3H4I2O/c4-1-3(5)2-6/h2-3H,1H2. The molecule has 0 heterocycles. The van der Waals surface area contributed by atoms with Crippen LogP contribution in [-0.2, 0) is 4.79 Å². The van der Waals surface area contributed by atoms with Gasteiger partial charge in [-0.25, -0.2) is 0 Å². The predicted octanol–water partition coefficient (Wildman–Crippen LogP) is 1.42. The fourth-order valence-electron chi connectivity index (χ4n) is 0.0364. The summed E-state index contributed by atoms with van der Waals surface area (Å²) in [5.41, 5.74) is 0. The summed E-state index contributed by atoms with van der Waals surface area (Å²) in [7, 11) is 0. The van der Waals surface area contributed by atoms with Crippen molar-refractivity contribution in [3.05, 3.63) is 0 Å². The third-order valence-electron chi connectivity index (χ3n) is 0.295. The molecule has 0 spiro atoms. The molecule has 6 heavy (non-hydrogen) atoms. The molecule has 0 amide bonds. The lowest BCUT2D eigenvalue weighted by Crippen LogP contribution is -1.97. The molecule has 1 atom stereocenters. The van der Waals surface area contributed by atoms with E-state index in [1.807, 2.05) is 0 Å². The summed E-state index contributed by atoms with van der Waals surface area (Å²) in [6, 6.07) is 0. The Labute approximate surface area is 64.2 Å². The lowest BCUT2D eigenvalue weighted by atomic mass is 10.6. The molecule has 0 aliphatic heterocycles. The van der Waals surface area contributed by atoms with Gasteiger partial charge in [-0.2, -0.15) is 0 Å². The molecule has 0 rings (SSSR count). The molecule has 0 radical (unpaired) electrons. The third-order valence-corrected chi connectivity index (χ3v) is 3.66. The van der Waals surface area contributed by atoms with Crippen LogP contribution in [0.5, 0.6) is 0 Å². The van der Waals surface area contributed by atoms with E-state index >= 15 is 0 Å². The highest BCUT2D eigenvalue weighted by Crippen LogP contribution is 1.99. The molecule has 1 nitrogen and oxygen atoms in total. The summed E-state index contributed by atoms with van der Waals surface area (Å²) in [5, 5.41) is 0. The van der Waals surface area contributed by atoms with Gasteiger partial charge in [0.2, 0.25) is 0 Å². The fourth-order valence-corrected chi connectivity index (χ4v) is 0.244. The zero-order chi connectivity index (χ0) is 4.99. The zero-order valence-electron chi connectivity index (χ0n) is 3.03. The molecule has 0 fully saturated rings. The van der Waals surface area contributed by atoms with Crippen LogP contribution in [-0.4, -0.2) is 14.6 Å². The first kappa shape index (κ1) is 7.13. The first-order valence-corrected chi connectivity index (χ1v) is 4.23. The first-order chi connectivity index (χ1) is 2.81. The number of alkyl halides is 2. The Bertz CT molecular complexity index is 46.1. The van der Waals surface area contributed by atoms with Crippen LogP contribution >= 0.6 is 45.2 Å². The van der Waals surface area contributed by atoms with Gasteiger partial charge in [0.1, 0.15) is 6.29 Å². The number of carbonyl (C=O) groups is 1. The fraction of sp³-hybridized carbons (Fsp3) is 0.667. The van der Waals surface area contributed by atoms with Crippen molar-refractivity contribution in [2.24, 2.45) is 0 Å². The number of carbonyl (C=O) groups excluding carboxylic acids is 1. The average Bonchev–Trinajstić information content (AvgIpc) is 1.65. The number of aldehydes is 1. The molecule has 0 aliphatic rings. The Balaban J connectivity index is 2.96. The third kappa shape index (κ3) is 3.32. The van der Waals surface area contributed by atoms with Gasteiger partial charge >= 0.3 is 0 Å². The van der Waals surface area contributed by atoms with E-state index in [0.29, 0.717) is 0 Å².